The summed E-state index contributed by atoms with van der Waals surface area (Å²) in [7, 11) is 0. The molecule has 1 aromatic heterocycles. The molecule has 7 heteroatoms. The summed E-state index contributed by atoms with van der Waals surface area (Å²) in [4.78, 5) is 29.4. The van der Waals surface area contributed by atoms with Crippen LogP contribution in [0.3, 0.4) is 0 Å². The number of hydrogen-bond acceptors (Lipinski definition) is 6. The lowest BCUT2D eigenvalue weighted by Gasteiger charge is -2.23. The summed E-state index contributed by atoms with van der Waals surface area (Å²) in [6.07, 6.45) is 9.60. The van der Waals surface area contributed by atoms with Crippen molar-refractivity contribution in [3.8, 4) is 0 Å². The van der Waals surface area contributed by atoms with E-state index in [9.17, 15) is 9.59 Å². The lowest BCUT2D eigenvalue weighted by Crippen LogP contribution is -2.25. The molecule has 1 N–H and O–H groups in total. The van der Waals surface area contributed by atoms with Gasteiger partial charge in [0.05, 0.1) is 6.42 Å². The molecule has 0 aliphatic heterocycles. The number of ether oxygens (including phenoxy) is 1. The van der Waals surface area contributed by atoms with E-state index >= 15 is 0 Å². The van der Waals surface area contributed by atoms with Crippen molar-refractivity contribution in [1.29, 1.82) is 0 Å². The van der Waals surface area contributed by atoms with Crippen LogP contribution in [0.25, 0.3) is 0 Å². The van der Waals surface area contributed by atoms with Gasteiger partial charge >= 0.3 is 5.97 Å². The Balaban J connectivity index is 1.61. The number of esters is 1. The van der Waals surface area contributed by atoms with Crippen LogP contribution in [0.5, 0.6) is 0 Å². The molecule has 1 unspecified atom stereocenters. The van der Waals surface area contributed by atoms with Crippen LogP contribution in [0, 0.1) is 5.92 Å². The van der Waals surface area contributed by atoms with E-state index in [1.807, 2.05) is 51.1 Å². The fraction of sp³-hybridized carbons (Fsp3) is 0.615. The average Bonchev–Trinajstić information content (AvgIpc) is 3.27. The standard InChI is InChI=1S/C26H37N3O4/c1-26(2,3)32-22(30)17-21(16-10-15-19-11-6-4-7-12-19)25-28-23(29-33-25)24(31)27-18-20-13-8-5-9-14-20/h5,8-9,13-14,19,21H,4,6-7,10-12,15-18H2,1-3H3,(H,27,31). The molecule has 180 valence electrons. The van der Waals surface area contributed by atoms with Crippen LogP contribution in [0.1, 0.15) is 107 Å². The van der Waals surface area contributed by atoms with Crippen LogP contribution in [0.15, 0.2) is 34.9 Å². The number of rotatable bonds is 10. The van der Waals surface area contributed by atoms with E-state index in [1.54, 1.807) is 0 Å². The normalized spacial score (nSPS) is 15.7. The Morgan fingerprint density at radius 2 is 1.88 bits per heavy atom. The SMILES string of the molecule is CC(C)(C)OC(=O)CC(CCCC1CCCCC1)c1nc(C(=O)NCc2ccccc2)no1. The van der Waals surface area contributed by atoms with E-state index in [4.69, 9.17) is 9.26 Å². The average molecular weight is 456 g/mol. The molecule has 1 saturated carbocycles. The smallest absolute Gasteiger partial charge is 0.307 e. The van der Waals surface area contributed by atoms with Gasteiger partial charge in [0.15, 0.2) is 0 Å². The summed E-state index contributed by atoms with van der Waals surface area (Å²) in [6, 6.07) is 9.64. The second-order valence-corrected chi connectivity index (χ2v) is 10.0. The molecule has 0 radical (unpaired) electrons. The number of aromatic nitrogens is 2. The van der Waals surface area contributed by atoms with Gasteiger partial charge in [-0.25, -0.2) is 0 Å². The molecule has 1 atom stereocenters. The molecule has 1 amide bonds. The molecule has 1 heterocycles. The highest BCUT2D eigenvalue weighted by Gasteiger charge is 2.27. The van der Waals surface area contributed by atoms with Gasteiger partial charge in [0.1, 0.15) is 5.60 Å². The minimum absolute atomic E-state index is 0.0117. The maximum atomic E-state index is 12.5. The summed E-state index contributed by atoms with van der Waals surface area (Å²) in [5, 5.41) is 6.69. The minimum atomic E-state index is -0.555. The number of amides is 1. The van der Waals surface area contributed by atoms with Crippen molar-refractivity contribution in [3.63, 3.8) is 0 Å². The van der Waals surface area contributed by atoms with Gasteiger partial charge in [-0.15, -0.1) is 0 Å². The first-order valence-corrected chi connectivity index (χ1v) is 12.2. The number of nitrogens with one attached hydrogen (secondary N) is 1. The summed E-state index contributed by atoms with van der Waals surface area (Å²) in [6.45, 7) is 5.94. The Morgan fingerprint density at radius 3 is 2.58 bits per heavy atom. The molecule has 2 aromatic rings. The van der Waals surface area contributed by atoms with Crippen LogP contribution < -0.4 is 5.32 Å². The predicted octanol–water partition coefficient (Wildman–Crippen LogP) is 5.57. The summed E-state index contributed by atoms with van der Waals surface area (Å²) in [5.41, 5.74) is 0.432. The van der Waals surface area contributed by atoms with Crippen LogP contribution in [0.4, 0.5) is 0 Å². The van der Waals surface area contributed by atoms with E-state index in [0.717, 1.165) is 30.7 Å². The van der Waals surface area contributed by atoms with Crippen molar-refractivity contribution in [1.82, 2.24) is 15.5 Å². The van der Waals surface area contributed by atoms with Crippen molar-refractivity contribution in [3.05, 3.63) is 47.6 Å². The lowest BCUT2D eigenvalue weighted by molar-refractivity contribution is -0.155. The maximum Gasteiger partial charge on any atom is 0.307 e. The zero-order valence-electron chi connectivity index (χ0n) is 20.1. The minimum Gasteiger partial charge on any atom is -0.460 e. The summed E-state index contributed by atoms with van der Waals surface area (Å²) < 4.78 is 11.0. The third kappa shape index (κ3) is 8.63. The first-order chi connectivity index (χ1) is 15.8. The Hall–Kier alpha value is -2.70. The van der Waals surface area contributed by atoms with Crippen molar-refractivity contribution >= 4 is 11.9 Å². The predicted molar refractivity (Wildman–Crippen MR) is 126 cm³/mol. The number of hydrogen-bond donors (Lipinski definition) is 1. The second-order valence-electron chi connectivity index (χ2n) is 10.0. The highest BCUT2D eigenvalue weighted by Crippen LogP contribution is 2.31. The van der Waals surface area contributed by atoms with E-state index in [0.29, 0.717) is 12.4 Å². The highest BCUT2D eigenvalue weighted by molar-refractivity contribution is 5.90. The van der Waals surface area contributed by atoms with Gasteiger partial charge in [-0.05, 0) is 38.7 Å². The second kappa shape index (κ2) is 12.0. The van der Waals surface area contributed by atoms with Crippen LogP contribution in [0.2, 0.25) is 0 Å². The molecule has 0 bridgehead atoms. The largest absolute Gasteiger partial charge is 0.460 e. The Kier molecular flexibility index (Phi) is 9.03. The van der Waals surface area contributed by atoms with Crippen LogP contribution in [-0.4, -0.2) is 27.6 Å². The molecule has 1 aliphatic rings. The molecule has 0 saturated heterocycles. The molecule has 0 spiro atoms. The van der Waals surface area contributed by atoms with Crippen LogP contribution >= 0.6 is 0 Å². The molecular formula is C26H37N3O4. The monoisotopic (exact) mass is 455 g/mol. The van der Waals surface area contributed by atoms with E-state index in [1.165, 1.54) is 32.1 Å². The summed E-state index contributed by atoms with van der Waals surface area (Å²) >= 11 is 0. The summed E-state index contributed by atoms with van der Waals surface area (Å²) in [5.74, 6) is 0.136. The van der Waals surface area contributed by atoms with Gasteiger partial charge < -0.3 is 14.6 Å². The molecule has 3 rings (SSSR count). The number of carbonyl (C=O) groups excluding carboxylic acids is 2. The molecule has 1 aromatic carbocycles. The number of carbonyl (C=O) groups is 2. The fourth-order valence-corrected chi connectivity index (χ4v) is 4.38. The quantitative estimate of drug-likeness (QED) is 0.471. The first kappa shape index (κ1) is 24.9. The van der Waals surface area contributed by atoms with Crippen LogP contribution in [-0.2, 0) is 16.1 Å². The first-order valence-electron chi connectivity index (χ1n) is 12.2. The van der Waals surface area contributed by atoms with Gasteiger partial charge in [-0.1, -0.05) is 80.4 Å². The molecular weight excluding hydrogens is 418 g/mol. The zero-order valence-corrected chi connectivity index (χ0v) is 20.1. The van der Waals surface area contributed by atoms with Gasteiger partial charge in [0.2, 0.25) is 5.89 Å². The zero-order chi connectivity index (χ0) is 23.7. The van der Waals surface area contributed by atoms with Gasteiger partial charge in [-0.2, -0.15) is 4.98 Å². The highest BCUT2D eigenvalue weighted by atomic mass is 16.6. The van der Waals surface area contributed by atoms with E-state index < -0.39 is 11.5 Å². The van der Waals surface area contributed by atoms with Gasteiger partial charge in [-0.3, -0.25) is 9.59 Å². The number of nitrogens with zero attached hydrogens (tertiary/aromatic N) is 2. The topological polar surface area (TPSA) is 94.3 Å². The van der Waals surface area contributed by atoms with Gasteiger partial charge in [0.25, 0.3) is 11.7 Å². The van der Waals surface area contributed by atoms with Crippen molar-refractivity contribution in [2.45, 2.75) is 96.6 Å². The molecule has 1 aliphatic carbocycles. The Labute approximate surface area is 196 Å². The lowest BCUT2D eigenvalue weighted by atomic mass is 9.84. The maximum absolute atomic E-state index is 12.5. The Bertz CT molecular complexity index is 882. The molecule has 1 fully saturated rings. The third-order valence-electron chi connectivity index (χ3n) is 6.01. The van der Waals surface area contributed by atoms with Crippen molar-refractivity contribution in [2.24, 2.45) is 5.92 Å². The van der Waals surface area contributed by atoms with Crippen molar-refractivity contribution in [2.75, 3.05) is 0 Å². The van der Waals surface area contributed by atoms with E-state index in [2.05, 4.69) is 15.5 Å². The third-order valence-corrected chi connectivity index (χ3v) is 6.01. The van der Waals surface area contributed by atoms with Crippen molar-refractivity contribution < 1.29 is 18.8 Å². The van der Waals surface area contributed by atoms with E-state index in [-0.39, 0.29) is 24.1 Å². The number of benzene rings is 1. The molecule has 33 heavy (non-hydrogen) atoms. The Morgan fingerprint density at radius 1 is 1.15 bits per heavy atom. The fourth-order valence-electron chi connectivity index (χ4n) is 4.38. The molecule has 7 nitrogen and oxygen atoms in total. The van der Waals surface area contributed by atoms with Gasteiger partial charge in [0, 0.05) is 12.5 Å².